The second-order valence-electron chi connectivity index (χ2n) is 3.77. The van der Waals surface area contributed by atoms with Gasteiger partial charge in [0.25, 0.3) is 0 Å². The second kappa shape index (κ2) is 6.19. The zero-order valence-corrected chi connectivity index (χ0v) is 9.25. The highest BCUT2D eigenvalue weighted by atomic mass is 32.1. The Hall–Kier alpha value is -0.310. The standard InChI is InChI=1S/C10H20N2S/c1-2-3-7-11-10(13)12-8-6-9-4-5-9/h9H,2-8H2,1H3,(H2,11,12,13). The molecule has 2 nitrogen and oxygen atoms in total. The molecule has 0 saturated heterocycles. The minimum absolute atomic E-state index is 0.828. The number of hydrogen-bond acceptors (Lipinski definition) is 1. The molecular formula is C10H20N2S. The molecule has 0 radical (unpaired) electrons. The van der Waals surface area contributed by atoms with Gasteiger partial charge in [-0.2, -0.15) is 0 Å². The smallest absolute Gasteiger partial charge is 0.166 e. The molecule has 0 atom stereocenters. The van der Waals surface area contributed by atoms with Gasteiger partial charge in [0.1, 0.15) is 0 Å². The first-order chi connectivity index (χ1) is 6.33. The lowest BCUT2D eigenvalue weighted by atomic mass is 10.3. The summed E-state index contributed by atoms with van der Waals surface area (Å²) in [5, 5.41) is 7.26. The highest BCUT2D eigenvalue weighted by molar-refractivity contribution is 7.80. The van der Waals surface area contributed by atoms with Crippen LogP contribution < -0.4 is 10.6 Å². The van der Waals surface area contributed by atoms with Crippen LogP contribution in [0.25, 0.3) is 0 Å². The van der Waals surface area contributed by atoms with Crippen LogP contribution in [0.4, 0.5) is 0 Å². The Bertz CT molecular complexity index is 155. The van der Waals surface area contributed by atoms with E-state index in [0.29, 0.717) is 0 Å². The Labute approximate surface area is 86.5 Å². The first-order valence-electron chi connectivity index (χ1n) is 5.34. The van der Waals surface area contributed by atoms with Gasteiger partial charge in [-0.15, -0.1) is 0 Å². The summed E-state index contributed by atoms with van der Waals surface area (Å²) in [7, 11) is 0. The topological polar surface area (TPSA) is 24.1 Å². The molecule has 13 heavy (non-hydrogen) atoms. The largest absolute Gasteiger partial charge is 0.363 e. The quantitative estimate of drug-likeness (QED) is 0.507. The van der Waals surface area contributed by atoms with Crippen LogP contribution in [-0.2, 0) is 0 Å². The number of thiocarbonyl (C=S) groups is 1. The van der Waals surface area contributed by atoms with Crippen molar-refractivity contribution in [3.8, 4) is 0 Å². The van der Waals surface area contributed by atoms with Crippen LogP contribution in [-0.4, -0.2) is 18.2 Å². The van der Waals surface area contributed by atoms with E-state index in [9.17, 15) is 0 Å². The van der Waals surface area contributed by atoms with E-state index in [1.165, 1.54) is 32.1 Å². The molecule has 0 aliphatic heterocycles. The maximum Gasteiger partial charge on any atom is 0.166 e. The van der Waals surface area contributed by atoms with Crippen molar-refractivity contribution in [1.29, 1.82) is 0 Å². The maximum absolute atomic E-state index is 5.12. The molecule has 0 aromatic rings. The SMILES string of the molecule is CCCCNC(=S)NCCC1CC1. The molecule has 1 fully saturated rings. The lowest BCUT2D eigenvalue weighted by Crippen LogP contribution is -2.36. The highest BCUT2D eigenvalue weighted by Crippen LogP contribution is 2.31. The molecule has 1 rings (SSSR count). The molecule has 0 bridgehead atoms. The molecule has 0 aromatic heterocycles. The molecule has 0 aromatic carbocycles. The number of nitrogens with one attached hydrogen (secondary N) is 2. The van der Waals surface area contributed by atoms with Gasteiger partial charge in [-0.1, -0.05) is 26.2 Å². The summed E-state index contributed by atoms with van der Waals surface area (Å²) in [5.41, 5.74) is 0. The second-order valence-corrected chi connectivity index (χ2v) is 4.18. The monoisotopic (exact) mass is 200 g/mol. The molecule has 0 unspecified atom stereocenters. The van der Waals surface area contributed by atoms with E-state index < -0.39 is 0 Å². The first kappa shape index (κ1) is 10.8. The summed E-state index contributed by atoms with van der Waals surface area (Å²) in [5.74, 6) is 0.992. The van der Waals surface area contributed by atoms with Crippen molar-refractivity contribution in [3.63, 3.8) is 0 Å². The average Bonchev–Trinajstić information content (AvgIpc) is 2.89. The van der Waals surface area contributed by atoms with Crippen LogP contribution in [0.15, 0.2) is 0 Å². The fraction of sp³-hybridized carbons (Fsp3) is 0.900. The van der Waals surface area contributed by atoms with E-state index in [4.69, 9.17) is 12.2 Å². The number of rotatable bonds is 6. The van der Waals surface area contributed by atoms with Crippen LogP contribution in [0.5, 0.6) is 0 Å². The molecule has 0 spiro atoms. The van der Waals surface area contributed by atoms with Gasteiger partial charge in [-0.25, -0.2) is 0 Å². The predicted octanol–water partition coefficient (Wildman–Crippen LogP) is 2.05. The number of unbranched alkanes of at least 4 members (excludes halogenated alkanes) is 1. The normalized spacial score (nSPS) is 15.5. The minimum atomic E-state index is 0.828. The molecule has 1 saturated carbocycles. The van der Waals surface area contributed by atoms with E-state index in [1.54, 1.807) is 0 Å². The van der Waals surface area contributed by atoms with Gasteiger partial charge in [-0.3, -0.25) is 0 Å². The van der Waals surface area contributed by atoms with Gasteiger partial charge in [0.2, 0.25) is 0 Å². The van der Waals surface area contributed by atoms with Crippen molar-refractivity contribution in [1.82, 2.24) is 10.6 Å². The van der Waals surface area contributed by atoms with E-state index in [0.717, 1.165) is 24.1 Å². The lowest BCUT2D eigenvalue weighted by molar-refractivity contribution is 0.683. The van der Waals surface area contributed by atoms with Crippen molar-refractivity contribution in [2.24, 2.45) is 5.92 Å². The zero-order valence-electron chi connectivity index (χ0n) is 8.44. The van der Waals surface area contributed by atoms with E-state index in [-0.39, 0.29) is 0 Å². The van der Waals surface area contributed by atoms with Crippen LogP contribution in [0.3, 0.4) is 0 Å². The predicted molar refractivity (Wildman–Crippen MR) is 60.9 cm³/mol. The van der Waals surface area contributed by atoms with Crippen molar-refractivity contribution in [2.75, 3.05) is 13.1 Å². The van der Waals surface area contributed by atoms with Crippen molar-refractivity contribution >= 4 is 17.3 Å². The van der Waals surface area contributed by atoms with Gasteiger partial charge >= 0.3 is 0 Å². The summed E-state index contributed by atoms with van der Waals surface area (Å²) in [6.07, 6.45) is 6.56. The van der Waals surface area contributed by atoms with Crippen LogP contribution in [0, 0.1) is 5.92 Å². The summed E-state index contributed by atoms with van der Waals surface area (Å²) >= 11 is 5.12. The fourth-order valence-electron chi connectivity index (χ4n) is 1.24. The van der Waals surface area contributed by atoms with Crippen molar-refractivity contribution < 1.29 is 0 Å². The lowest BCUT2D eigenvalue weighted by Gasteiger charge is -2.09. The van der Waals surface area contributed by atoms with Gasteiger partial charge < -0.3 is 10.6 Å². The van der Waals surface area contributed by atoms with Crippen LogP contribution in [0.2, 0.25) is 0 Å². The Kier molecular flexibility index (Phi) is 5.13. The van der Waals surface area contributed by atoms with E-state index in [2.05, 4.69) is 17.6 Å². The molecule has 2 N–H and O–H groups in total. The first-order valence-corrected chi connectivity index (χ1v) is 5.75. The summed E-state index contributed by atoms with van der Waals surface area (Å²) < 4.78 is 0. The third kappa shape index (κ3) is 5.86. The third-order valence-electron chi connectivity index (χ3n) is 2.35. The fourth-order valence-corrected chi connectivity index (χ4v) is 1.44. The Balaban J connectivity index is 1.84. The highest BCUT2D eigenvalue weighted by Gasteiger charge is 2.20. The van der Waals surface area contributed by atoms with Crippen molar-refractivity contribution in [3.05, 3.63) is 0 Å². The zero-order chi connectivity index (χ0) is 9.52. The third-order valence-corrected chi connectivity index (χ3v) is 2.64. The minimum Gasteiger partial charge on any atom is -0.363 e. The molecule has 0 amide bonds. The Morgan fingerprint density at radius 3 is 2.62 bits per heavy atom. The maximum atomic E-state index is 5.12. The Morgan fingerprint density at radius 2 is 2.00 bits per heavy atom. The molecule has 1 aliphatic carbocycles. The number of hydrogen-bond donors (Lipinski definition) is 2. The molecule has 1 aliphatic rings. The van der Waals surface area contributed by atoms with Crippen molar-refractivity contribution in [2.45, 2.75) is 39.0 Å². The van der Waals surface area contributed by atoms with Gasteiger partial charge in [0.15, 0.2) is 5.11 Å². The molecule has 3 heteroatoms. The molecule has 0 heterocycles. The van der Waals surface area contributed by atoms with E-state index >= 15 is 0 Å². The molecular weight excluding hydrogens is 180 g/mol. The van der Waals surface area contributed by atoms with Gasteiger partial charge in [-0.05, 0) is 31.0 Å². The van der Waals surface area contributed by atoms with E-state index in [1.807, 2.05) is 0 Å². The van der Waals surface area contributed by atoms with Gasteiger partial charge in [0.05, 0.1) is 0 Å². The van der Waals surface area contributed by atoms with Crippen LogP contribution >= 0.6 is 12.2 Å². The Morgan fingerprint density at radius 1 is 1.31 bits per heavy atom. The summed E-state index contributed by atoms with van der Waals surface area (Å²) in [6.45, 7) is 4.24. The molecule has 76 valence electrons. The summed E-state index contributed by atoms with van der Waals surface area (Å²) in [6, 6.07) is 0. The van der Waals surface area contributed by atoms with Gasteiger partial charge in [0, 0.05) is 13.1 Å². The summed E-state index contributed by atoms with van der Waals surface area (Å²) in [4.78, 5) is 0. The average molecular weight is 200 g/mol. The van der Waals surface area contributed by atoms with Crippen LogP contribution in [0.1, 0.15) is 39.0 Å².